The van der Waals surface area contributed by atoms with Crippen molar-refractivity contribution in [2.45, 2.75) is 6.10 Å². The summed E-state index contributed by atoms with van der Waals surface area (Å²) in [7, 11) is 0. The molecule has 2 heterocycles. The summed E-state index contributed by atoms with van der Waals surface area (Å²) in [5.41, 5.74) is 1.66. The Morgan fingerprint density at radius 3 is 3.07 bits per heavy atom. The lowest BCUT2D eigenvalue weighted by Crippen LogP contribution is -2.04. The maximum atomic E-state index is 5.62. The maximum Gasteiger partial charge on any atom is 0.147 e. The third-order valence-electron chi connectivity index (χ3n) is 2.29. The molecule has 1 aromatic carbocycles. The second-order valence-electron chi connectivity index (χ2n) is 3.45. The molecule has 1 atom stereocenters. The number of epoxide rings is 1. The first kappa shape index (κ1) is 8.61. The Kier molecular flexibility index (Phi) is 1.99. The fourth-order valence-electron chi connectivity index (χ4n) is 1.43. The number of hydrogen-bond acceptors (Lipinski definition) is 4. The third-order valence-corrected chi connectivity index (χ3v) is 2.29. The van der Waals surface area contributed by atoms with Crippen molar-refractivity contribution in [3.8, 4) is 5.75 Å². The van der Waals surface area contributed by atoms with Crippen molar-refractivity contribution in [3.05, 3.63) is 30.6 Å². The van der Waals surface area contributed by atoms with Gasteiger partial charge in [-0.3, -0.25) is 4.98 Å². The van der Waals surface area contributed by atoms with Crippen LogP contribution in [0.15, 0.2) is 30.6 Å². The summed E-state index contributed by atoms with van der Waals surface area (Å²) in [6, 6.07) is 5.74. The van der Waals surface area contributed by atoms with E-state index in [1.165, 1.54) is 0 Å². The molecule has 1 aliphatic heterocycles. The van der Waals surface area contributed by atoms with Gasteiger partial charge in [0.15, 0.2) is 0 Å². The SMILES string of the molecule is c1cc(OCC2CO2)c2nccnc2c1. The van der Waals surface area contributed by atoms with E-state index in [9.17, 15) is 0 Å². The van der Waals surface area contributed by atoms with Gasteiger partial charge in [-0.15, -0.1) is 0 Å². The van der Waals surface area contributed by atoms with Gasteiger partial charge in [-0.05, 0) is 12.1 Å². The van der Waals surface area contributed by atoms with Crippen LogP contribution in [-0.4, -0.2) is 29.3 Å². The average Bonchev–Trinajstić information content (AvgIpc) is 3.10. The molecule has 0 radical (unpaired) electrons. The van der Waals surface area contributed by atoms with Crippen LogP contribution in [0.5, 0.6) is 5.75 Å². The van der Waals surface area contributed by atoms with Crippen LogP contribution < -0.4 is 4.74 Å². The van der Waals surface area contributed by atoms with Crippen molar-refractivity contribution in [2.75, 3.05) is 13.2 Å². The minimum Gasteiger partial charge on any atom is -0.488 e. The van der Waals surface area contributed by atoms with E-state index in [0.29, 0.717) is 6.61 Å². The smallest absolute Gasteiger partial charge is 0.147 e. The molecular weight excluding hydrogens is 192 g/mol. The van der Waals surface area contributed by atoms with Crippen LogP contribution in [0.1, 0.15) is 0 Å². The number of rotatable bonds is 3. The Morgan fingerprint density at radius 2 is 2.20 bits per heavy atom. The van der Waals surface area contributed by atoms with Gasteiger partial charge in [0, 0.05) is 12.4 Å². The molecule has 1 saturated heterocycles. The third kappa shape index (κ3) is 1.76. The lowest BCUT2D eigenvalue weighted by molar-refractivity contribution is 0.265. The van der Waals surface area contributed by atoms with Crippen molar-refractivity contribution in [1.82, 2.24) is 9.97 Å². The van der Waals surface area contributed by atoms with Gasteiger partial charge >= 0.3 is 0 Å². The minimum absolute atomic E-state index is 0.261. The monoisotopic (exact) mass is 202 g/mol. The van der Waals surface area contributed by atoms with Gasteiger partial charge in [0.1, 0.15) is 24.0 Å². The molecular formula is C11H10N2O2. The number of ether oxygens (including phenoxy) is 2. The van der Waals surface area contributed by atoms with Crippen molar-refractivity contribution in [1.29, 1.82) is 0 Å². The van der Waals surface area contributed by atoms with E-state index in [-0.39, 0.29) is 6.10 Å². The summed E-state index contributed by atoms with van der Waals surface area (Å²) in [4.78, 5) is 8.46. The van der Waals surface area contributed by atoms with E-state index in [1.807, 2.05) is 18.2 Å². The van der Waals surface area contributed by atoms with E-state index in [1.54, 1.807) is 12.4 Å². The van der Waals surface area contributed by atoms with E-state index < -0.39 is 0 Å². The van der Waals surface area contributed by atoms with Gasteiger partial charge in [0.05, 0.1) is 12.1 Å². The van der Waals surface area contributed by atoms with Gasteiger partial charge in [0.25, 0.3) is 0 Å². The molecule has 0 spiro atoms. The Balaban J connectivity index is 1.93. The molecule has 1 aromatic heterocycles. The highest BCUT2D eigenvalue weighted by molar-refractivity contribution is 5.80. The van der Waals surface area contributed by atoms with Gasteiger partial charge in [-0.2, -0.15) is 0 Å². The zero-order chi connectivity index (χ0) is 10.1. The highest BCUT2D eigenvalue weighted by Crippen LogP contribution is 2.22. The summed E-state index contributed by atoms with van der Waals surface area (Å²) < 4.78 is 10.7. The molecule has 4 heteroatoms. The van der Waals surface area contributed by atoms with E-state index in [2.05, 4.69) is 9.97 Å². The Morgan fingerprint density at radius 1 is 1.33 bits per heavy atom. The van der Waals surface area contributed by atoms with Gasteiger partial charge in [0.2, 0.25) is 0 Å². The van der Waals surface area contributed by atoms with Crippen LogP contribution in [0, 0.1) is 0 Å². The predicted octanol–water partition coefficient (Wildman–Crippen LogP) is 1.41. The molecule has 1 aliphatic rings. The first-order valence-corrected chi connectivity index (χ1v) is 4.87. The van der Waals surface area contributed by atoms with E-state index >= 15 is 0 Å². The van der Waals surface area contributed by atoms with Gasteiger partial charge in [-0.25, -0.2) is 4.98 Å². The standard InChI is InChI=1S/C11H10N2O2/c1-2-9-11(13-5-4-12-9)10(3-1)15-7-8-6-14-8/h1-5,8H,6-7H2. The second-order valence-corrected chi connectivity index (χ2v) is 3.45. The van der Waals surface area contributed by atoms with Crippen LogP contribution in [0.25, 0.3) is 11.0 Å². The summed E-state index contributed by atoms with van der Waals surface area (Å²) >= 11 is 0. The molecule has 2 aromatic rings. The van der Waals surface area contributed by atoms with Crippen molar-refractivity contribution in [3.63, 3.8) is 0 Å². The van der Waals surface area contributed by atoms with Crippen LogP contribution in [-0.2, 0) is 4.74 Å². The zero-order valence-electron chi connectivity index (χ0n) is 8.09. The summed E-state index contributed by atoms with van der Waals surface area (Å²) in [5, 5.41) is 0. The van der Waals surface area contributed by atoms with Crippen LogP contribution >= 0.6 is 0 Å². The molecule has 3 rings (SSSR count). The minimum atomic E-state index is 0.261. The average molecular weight is 202 g/mol. The first-order valence-electron chi connectivity index (χ1n) is 4.87. The Bertz CT molecular complexity index is 477. The van der Waals surface area contributed by atoms with Crippen LogP contribution in [0.3, 0.4) is 0 Å². The Labute approximate surface area is 86.9 Å². The van der Waals surface area contributed by atoms with Crippen molar-refractivity contribution in [2.24, 2.45) is 0 Å². The molecule has 0 N–H and O–H groups in total. The fraction of sp³-hybridized carbons (Fsp3) is 0.273. The molecule has 0 aliphatic carbocycles. The molecule has 4 nitrogen and oxygen atoms in total. The van der Waals surface area contributed by atoms with Crippen LogP contribution in [0.2, 0.25) is 0 Å². The van der Waals surface area contributed by atoms with Gasteiger partial charge < -0.3 is 9.47 Å². The molecule has 1 unspecified atom stereocenters. The quantitative estimate of drug-likeness (QED) is 0.706. The van der Waals surface area contributed by atoms with Crippen molar-refractivity contribution >= 4 is 11.0 Å². The molecule has 0 amide bonds. The molecule has 0 bridgehead atoms. The number of hydrogen-bond donors (Lipinski definition) is 0. The predicted molar refractivity (Wildman–Crippen MR) is 54.8 cm³/mol. The summed E-state index contributed by atoms with van der Waals surface area (Å²) in [6.07, 6.45) is 3.61. The number of para-hydroxylation sites is 1. The lowest BCUT2D eigenvalue weighted by atomic mass is 10.3. The largest absolute Gasteiger partial charge is 0.488 e. The fourth-order valence-corrected chi connectivity index (χ4v) is 1.43. The second kappa shape index (κ2) is 3.47. The molecule has 76 valence electrons. The van der Waals surface area contributed by atoms with Crippen LogP contribution in [0.4, 0.5) is 0 Å². The maximum absolute atomic E-state index is 5.62. The number of nitrogens with zero attached hydrogens (tertiary/aromatic N) is 2. The number of benzene rings is 1. The number of fused-ring (bicyclic) bond motifs is 1. The molecule has 1 fully saturated rings. The topological polar surface area (TPSA) is 47.5 Å². The zero-order valence-corrected chi connectivity index (χ0v) is 8.09. The normalized spacial score (nSPS) is 19.1. The lowest BCUT2D eigenvalue weighted by Gasteiger charge is -2.05. The first-order chi connectivity index (χ1) is 7.43. The van der Waals surface area contributed by atoms with E-state index in [0.717, 1.165) is 23.4 Å². The van der Waals surface area contributed by atoms with E-state index in [4.69, 9.17) is 9.47 Å². The molecule has 15 heavy (non-hydrogen) atoms. The highest BCUT2D eigenvalue weighted by atomic mass is 16.6. The highest BCUT2D eigenvalue weighted by Gasteiger charge is 2.23. The molecule has 0 saturated carbocycles. The van der Waals surface area contributed by atoms with Gasteiger partial charge in [-0.1, -0.05) is 6.07 Å². The summed E-state index contributed by atoms with van der Waals surface area (Å²) in [6.45, 7) is 1.39. The summed E-state index contributed by atoms with van der Waals surface area (Å²) in [5.74, 6) is 0.774. The number of aromatic nitrogens is 2. The Hall–Kier alpha value is -1.68. The van der Waals surface area contributed by atoms with Crippen molar-refractivity contribution < 1.29 is 9.47 Å².